The van der Waals surface area contributed by atoms with Crippen LogP contribution in [0, 0.1) is 0 Å². The summed E-state index contributed by atoms with van der Waals surface area (Å²) >= 11 is 0. The minimum absolute atomic E-state index is 0.173. The zero-order valence-corrected chi connectivity index (χ0v) is 14.0. The zero-order valence-electron chi connectivity index (χ0n) is 14.0. The van der Waals surface area contributed by atoms with E-state index in [1.807, 2.05) is 0 Å². The Morgan fingerprint density at radius 1 is 1.00 bits per heavy atom. The van der Waals surface area contributed by atoms with Crippen molar-refractivity contribution in [1.82, 2.24) is 0 Å². The number of hydrogen-bond acceptors (Lipinski definition) is 6. The number of Topliss-reactive ketones (excluding diaryl/α,β-unsaturated/α-hetero) is 1. The fourth-order valence-corrected chi connectivity index (χ4v) is 2.58. The summed E-state index contributed by atoms with van der Waals surface area (Å²) in [6.45, 7) is 0. The number of benzene rings is 2. The van der Waals surface area contributed by atoms with E-state index in [1.54, 1.807) is 42.5 Å². The molecule has 6 heteroatoms. The highest BCUT2D eigenvalue weighted by Crippen LogP contribution is 2.43. The molecule has 0 radical (unpaired) electrons. The maximum absolute atomic E-state index is 12.7. The van der Waals surface area contributed by atoms with Crippen LogP contribution in [0.1, 0.15) is 26.3 Å². The third-order valence-electron chi connectivity index (χ3n) is 3.81. The fraction of sp³-hybridized carbons (Fsp3) is 0.158. The van der Waals surface area contributed by atoms with Crippen molar-refractivity contribution < 1.29 is 28.5 Å². The summed E-state index contributed by atoms with van der Waals surface area (Å²) in [6, 6.07) is 9.99. The largest absolute Gasteiger partial charge is 0.493 e. The molecular formula is C19H16O6. The number of carbonyl (C=O) groups is 2. The Bertz CT molecular complexity index is 864. The number of fused-ring (bicyclic) bond motifs is 1. The second-order valence-electron chi connectivity index (χ2n) is 5.23. The Labute approximate surface area is 144 Å². The van der Waals surface area contributed by atoms with E-state index in [0.29, 0.717) is 28.4 Å². The summed E-state index contributed by atoms with van der Waals surface area (Å²) in [5.74, 6) is 0.684. The van der Waals surface area contributed by atoms with E-state index >= 15 is 0 Å². The standard InChI is InChI=1S/C19H16O6/c1-22-14-9-8-13-16(18(14)23-2)17(20)15(25-13)10-11-4-6-12(7-5-11)19(21)24-3/h4-10H,1-3H3/b15-10-. The molecule has 2 aromatic rings. The molecule has 128 valence electrons. The highest BCUT2D eigenvalue weighted by atomic mass is 16.5. The minimum atomic E-state index is -0.420. The number of rotatable bonds is 4. The lowest BCUT2D eigenvalue weighted by Crippen LogP contribution is -2.02. The average Bonchev–Trinajstić information content (AvgIpc) is 2.96. The first-order valence-corrected chi connectivity index (χ1v) is 7.46. The fourth-order valence-electron chi connectivity index (χ4n) is 2.58. The van der Waals surface area contributed by atoms with Crippen molar-refractivity contribution in [2.75, 3.05) is 21.3 Å². The van der Waals surface area contributed by atoms with Gasteiger partial charge in [-0.05, 0) is 35.9 Å². The highest BCUT2D eigenvalue weighted by molar-refractivity contribution is 6.16. The topological polar surface area (TPSA) is 71.1 Å². The summed E-state index contributed by atoms with van der Waals surface area (Å²) < 4.78 is 20.8. The lowest BCUT2D eigenvalue weighted by Gasteiger charge is -2.09. The Balaban J connectivity index is 1.94. The normalized spacial score (nSPS) is 14.0. The van der Waals surface area contributed by atoms with Crippen LogP contribution in [0.15, 0.2) is 42.2 Å². The van der Waals surface area contributed by atoms with E-state index in [1.165, 1.54) is 21.3 Å². The first-order chi connectivity index (χ1) is 12.1. The molecule has 6 nitrogen and oxygen atoms in total. The van der Waals surface area contributed by atoms with Gasteiger partial charge in [-0.2, -0.15) is 0 Å². The van der Waals surface area contributed by atoms with Crippen LogP contribution in [0.25, 0.3) is 6.08 Å². The summed E-state index contributed by atoms with van der Waals surface area (Å²) in [5.41, 5.74) is 1.48. The quantitative estimate of drug-likeness (QED) is 0.629. The molecule has 0 fully saturated rings. The smallest absolute Gasteiger partial charge is 0.337 e. The van der Waals surface area contributed by atoms with Gasteiger partial charge in [0, 0.05) is 0 Å². The summed E-state index contributed by atoms with van der Waals surface area (Å²) in [4.78, 5) is 24.1. The van der Waals surface area contributed by atoms with Crippen LogP contribution >= 0.6 is 0 Å². The third kappa shape index (κ3) is 2.94. The number of esters is 1. The van der Waals surface area contributed by atoms with E-state index in [4.69, 9.17) is 14.2 Å². The molecule has 2 aromatic carbocycles. The molecule has 0 atom stereocenters. The molecule has 0 aromatic heterocycles. The predicted molar refractivity (Wildman–Crippen MR) is 90.3 cm³/mol. The number of hydrogen-bond donors (Lipinski definition) is 0. The molecule has 0 spiro atoms. The Morgan fingerprint density at radius 3 is 2.32 bits per heavy atom. The molecule has 0 aliphatic carbocycles. The van der Waals surface area contributed by atoms with Crippen LogP contribution in [-0.4, -0.2) is 33.1 Å². The van der Waals surface area contributed by atoms with Crippen molar-refractivity contribution >= 4 is 17.8 Å². The van der Waals surface area contributed by atoms with Gasteiger partial charge >= 0.3 is 5.97 Å². The minimum Gasteiger partial charge on any atom is -0.493 e. The molecule has 25 heavy (non-hydrogen) atoms. The third-order valence-corrected chi connectivity index (χ3v) is 3.81. The van der Waals surface area contributed by atoms with Gasteiger partial charge in [0.1, 0.15) is 11.3 Å². The number of allylic oxidation sites excluding steroid dienone is 1. The van der Waals surface area contributed by atoms with Gasteiger partial charge < -0.3 is 18.9 Å². The van der Waals surface area contributed by atoms with E-state index in [9.17, 15) is 9.59 Å². The number of carbonyl (C=O) groups excluding carboxylic acids is 2. The molecule has 0 saturated heterocycles. The van der Waals surface area contributed by atoms with Gasteiger partial charge in [0.25, 0.3) is 0 Å². The molecule has 1 aliphatic heterocycles. The van der Waals surface area contributed by atoms with Gasteiger partial charge in [0.05, 0.1) is 26.9 Å². The van der Waals surface area contributed by atoms with Gasteiger partial charge in [0.15, 0.2) is 17.3 Å². The van der Waals surface area contributed by atoms with Crippen molar-refractivity contribution in [2.24, 2.45) is 0 Å². The van der Waals surface area contributed by atoms with E-state index in [2.05, 4.69) is 4.74 Å². The molecular weight excluding hydrogens is 324 g/mol. The lowest BCUT2D eigenvalue weighted by atomic mass is 10.1. The molecule has 0 bridgehead atoms. The Morgan fingerprint density at radius 2 is 1.72 bits per heavy atom. The summed E-state index contributed by atoms with van der Waals surface area (Å²) in [7, 11) is 4.30. The van der Waals surface area contributed by atoms with Crippen LogP contribution in [0.4, 0.5) is 0 Å². The summed E-state index contributed by atoms with van der Waals surface area (Å²) in [6.07, 6.45) is 1.61. The van der Waals surface area contributed by atoms with Crippen molar-refractivity contribution in [1.29, 1.82) is 0 Å². The highest BCUT2D eigenvalue weighted by Gasteiger charge is 2.33. The molecule has 0 unspecified atom stereocenters. The van der Waals surface area contributed by atoms with Gasteiger partial charge in [-0.25, -0.2) is 4.79 Å². The van der Waals surface area contributed by atoms with E-state index < -0.39 is 5.97 Å². The molecule has 0 amide bonds. The van der Waals surface area contributed by atoms with E-state index in [0.717, 1.165) is 5.56 Å². The maximum atomic E-state index is 12.7. The lowest BCUT2D eigenvalue weighted by molar-refractivity contribution is 0.0600. The number of ketones is 1. The van der Waals surface area contributed by atoms with Crippen molar-refractivity contribution in [2.45, 2.75) is 0 Å². The summed E-state index contributed by atoms with van der Waals surface area (Å²) in [5, 5.41) is 0. The number of methoxy groups -OCH3 is 3. The van der Waals surface area contributed by atoms with Crippen molar-refractivity contribution in [3.63, 3.8) is 0 Å². The number of ether oxygens (including phenoxy) is 4. The monoisotopic (exact) mass is 340 g/mol. The second-order valence-corrected chi connectivity index (χ2v) is 5.23. The van der Waals surface area contributed by atoms with Crippen LogP contribution in [-0.2, 0) is 4.74 Å². The SMILES string of the molecule is COC(=O)c1ccc(/C=C2\Oc3ccc(OC)c(OC)c3C2=O)cc1. The zero-order chi connectivity index (χ0) is 18.0. The Hall–Kier alpha value is -3.28. The molecule has 0 saturated carbocycles. The van der Waals surface area contributed by atoms with Crippen LogP contribution in [0.3, 0.4) is 0 Å². The van der Waals surface area contributed by atoms with Crippen LogP contribution < -0.4 is 14.2 Å². The van der Waals surface area contributed by atoms with Gasteiger partial charge in [-0.1, -0.05) is 12.1 Å². The van der Waals surface area contributed by atoms with Crippen molar-refractivity contribution in [3.05, 3.63) is 58.8 Å². The second kappa shape index (κ2) is 6.68. The molecule has 1 heterocycles. The molecule has 1 aliphatic rings. The molecule has 3 rings (SSSR count). The van der Waals surface area contributed by atoms with Crippen LogP contribution in [0.5, 0.6) is 17.2 Å². The van der Waals surface area contributed by atoms with Gasteiger partial charge in [-0.3, -0.25) is 4.79 Å². The molecule has 0 N–H and O–H groups in total. The Kier molecular flexibility index (Phi) is 4.43. The average molecular weight is 340 g/mol. The van der Waals surface area contributed by atoms with Crippen molar-refractivity contribution in [3.8, 4) is 17.2 Å². The van der Waals surface area contributed by atoms with Gasteiger partial charge in [0.2, 0.25) is 5.78 Å². The first kappa shape index (κ1) is 16.6. The first-order valence-electron chi connectivity index (χ1n) is 7.46. The van der Waals surface area contributed by atoms with Crippen LogP contribution in [0.2, 0.25) is 0 Å². The van der Waals surface area contributed by atoms with E-state index in [-0.39, 0.29) is 11.5 Å². The van der Waals surface area contributed by atoms with Gasteiger partial charge in [-0.15, -0.1) is 0 Å². The predicted octanol–water partition coefficient (Wildman–Crippen LogP) is 3.11. The maximum Gasteiger partial charge on any atom is 0.337 e.